The van der Waals surface area contributed by atoms with Crippen molar-refractivity contribution in [3.63, 3.8) is 0 Å². The van der Waals surface area contributed by atoms with Crippen LogP contribution in [0.2, 0.25) is 0 Å². The maximum Gasteiger partial charge on any atom is 0.573 e. The lowest BCUT2D eigenvalue weighted by Gasteiger charge is -2.32. The fourth-order valence-corrected chi connectivity index (χ4v) is 5.40. The fraction of sp³-hybridized carbons (Fsp3) is 0.240. The molecule has 35 heavy (non-hydrogen) atoms. The highest BCUT2D eigenvalue weighted by atomic mass is 32.2. The summed E-state index contributed by atoms with van der Waals surface area (Å²) in [6.07, 6.45) is -3.62. The Labute approximate surface area is 201 Å². The minimum atomic E-state index is -4.74. The van der Waals surface area contributed by atoms with Crippen LogP contribution in [0.25, 0.3) is 11.1 Å². The zero-order chi connectivity index (χ0) is 25.1. The SMILES string of the molecule is N#Cc1ccc(-c2ccc(S(=O)(=O)N3CCC(Nc4ccc(OC(F)(F)F)cc4)CC3)cc2)cc1. The molecular formula is C25H22F3N3O3S. The van der Waals surface area contributed by atoms with Crippen LogP contribution in [-0.2, 0) is 10.0 Å². The summed E-state index contributed by atoms with van der Waals surface area (Å²) in [6.45, 7) is 0.652. The van der Waals surface area contributed by atoms with Crippen LogP contribution in [-0.4, -0.2) is 38.2 Å². The zero-order valence-corrected chi connectivity index (χ0v) is 19.3. The molecule has 3 aromatic carbocycles. The van der Waals surface area contributed by atoms with E-state index in [1.807, 2.05) is 12.1 Å². The quantitative estimate of drug-likeness (QED) is 0.490. The van der Waals surface area contributed by atoms with Gasteiger partial charge in [-0.25, -0.2) is 8.42 Å². The van der Waals surface area contributed by atoms with Crippen molar-refractivity contribution in [3.05, 3.63) is 78.4 Å². The molecule has 0 unspecified atom stereocenters. The normalized spacial score (nSPS) is 15.4. The average Bonchev–Trinajstić information content (AvgIpc) is 2.85. The van der Waals surface area contributed by atoms with E-state index in [2.05, 4.69) is 16.1 Å². The summed E-state index contributed by atoms with van der Waals surface area (Å²) in [6, 6.07) is 21.2. The lowest BCUT2D eigenvalue weighted by molar-refractivity contribution is -0.274. The van der Waals surface area contributed by atoms with E-state index in [-0.39, 0.29) is 16.7 Å². The van der Waals surface area contributed by atoms with Crippen LogP contribution in [0.4, 0.5) is 18.9 Å². The summed E-state index contributed by atoms with van der Waals surface area (Å²) in [7, 11) is -3.65. The first kappa shape index (κ1) is 24.6. The van der Waals surface area contributed by atoms with Gasteiger partial charge in [-0.15, -0.1) is 13.2 Å². The summed E-state index contributed by atoms with van der Waals surface area (Å²) in [4.78, 5) is 0.210. The molecule has 1 aliphatic rings. The summed E-state index contributed by atoms with van der Waals surface area (Å²) < 4.78 is 68.4. The van der Waals surface area contributed by atoms with Crippen LogP contribution in [0.15, 0.2) is 77.7 Å². The van der Waals surface area contributed by atoms with Crippen LogP contribution < -0.4 is 10.1 Å². The Kier molecular flexibility index (Phi) is 7.00. The summed E-state index contributed by atoms with van der Waals surface area (Å²) in [5.74, 6) is -0.297. The standard InChI is InChI=1S/C25H22F3N3O3S/c26-25(27,28)34-23-9-7-21(8-10-23)30-22-13-15-31(16-14-22)35(32,33)24-11-5-20(6-12-24)19-3-1-18(17-29)2-4-19/h1-12,22,30H,13-16H2. The third kappa shape index (κ3) is 6.12. The Morgan fingerprint density at radius 2 is 1.43 bits per heavy atom. The predicted octanol–water partition coefficient (Wildman–Crippen LogP) is 5.39. The number of anilines is 1. The molecule has 182 valence electrons. The molecule has 4 rings (SSSR count). The first-order chi connectivity index (χ1) is 16.6. The highest BCUT2D eigenvalue weighted by Gasteiger charge is 2.31. The molecule has 0 amide bonds. The lowest BCUT2D eigenvalue weighted by Crippen LogP contribution is -2.42. The zero-order valence-electron chi connectivity index (χ0n) is 18.5. The van der Waals surface area contributed by atoms with Gasteiger partial charge in [0.25, 0.3) is 0 Å². The molecule has 0 aliphatic carbocycles. The van der Waals surface area contributed by atoms with Crippen LogP contribution in [0, 0.1) is 11.3 Å². The van der Waals surface area contributed by atoms with E-state index >= 15 is 0 Å². The molecule has 0 spiro atoms. The number of benzene rings is 3. The third-order valence-corrected chi connectivity index (χ3v) is 7.66. The molecule has 3 aromatic rings. The Morgan fingerprint density at radius 3 is 1.94 bits per heavy atom. The highest BCUT2D eigenvalue weighted by molar-refractivity contribution is 7.89. The average molecular weight is 502 g/mol. The molecule has 1 heterocycles. The molecule has 10 heteroatoms. The van der Waals surface area contributed by atoms with Gasteiger partial charge in [0.2, 0.25) is 10.0 Å². The fourth-order valence-electron chi connectivity index (χ4n) is 3.93. The van der Waals surface area contributed by atoms with Gasteiger partial charge < -0.3 is 10.1 Å². The Morgan fingerprint density at radius 1 is 0.886 bits per heavy atom. The van der Waals surface area contributed by atoms with E-state index in [9.17, 15) is 21.6 Å². The molecule has 0 saturated carbocycles. The Bertz CT molecular complexity index is 1290. The second kappa shape index (κ2) is 9.98. The monoisotopic (exact) mass is 501 g/mol. The Hall–Kier alpha value is -3.55. The molecule has 1 saturated heterocycles. The van der Waals surface area contributed by atoms with Crippen molar-refractivity contribution in [2.75, 3.05) is 18.4 Å². The van der Waals surface area contributed by atoms with Crippen LogP contribution in [0.1, 0.15) is 18.4 Å². The number of hydrogen-bond donors (Lipinski definition) is 1. The maximum atomic E-state index is 13.1. The van der Waals surface area contributed by atoms with Gasteiger partial charge >= 0.3 is 6.36 Å². The van der Waals surface area contributed by atoms with E-state index < -0.39 is 16.4 Å². The second-order valence-electron chi connectivity index (χ2n) is 8.11. The number of sulfonamides is 1. The number of ether oxygens (including phenoxy) is 1. The highest BCUT2D eigenvalue weighted by Crippen LogP contribution is 2.27. The molecule has 1 aliphatic heterocycles. The third-order valence-electron chi connectivity index (χ3n) is 5.75. The van der Waals surface area contributed by atoms with Crippen LogP contribution in [0.5, 0.6) is 5.75 Å². The van der Waals surface area contributed by atoms with E-state index in [0.717, 1.165) is 11.1 Å². The molecule has 0 atom stereocenters. The summed E-state index contributed by atoms with van der Waals surface area (Å²) in [5.41, 5.74) is 2.93. The molecular weight excluding hydrogens is 479 g/mol. The van der Waals surface area contributed by atoms with Gasteiger partial charge in [-0.1, -0.05) is 24.3 Å². The van der Waals surface area contributed by atoms with Gasteiger partial charge in [-0.05, 0) is 72.5 Å². The predicted molar refractivity (Wildman–Crippen MR) is 125 cm³/mol. The van der Waals surface area contributed by atoms with Crippen molar-refractivity contribution in [2.24, 2.45) is 0 Å². The maximum absolute atomic E-state index is 13.1. The van der Waals surface area contributed by atoms with E-state index in [0.29, 0.717) is 37.2 Å². The van der Waals surface area contributed by atoms with Crippen molar-refractivity contribution < 1.29 is 26.3 Å². The number of piperidine rings is 1. The number of alkyl halides is 3. The smallest absolute Gasteiger partial charge is 0.406 e. The van der Waals surface area contributed by atoms with Crippen LogP contribution in [0.3, 0.4) is 0 Å². The van der Waals surface area contributed by atoms with Gasteiger partial charge in [-0.3, -0.25) is 0 Å². The van der Waals surface area contributed by atoms with Gasteiger partial charge in [-0.2, -0.15) is 9.57 Å². The first-order valence-electron chi connectivity index (χ1n) is 10.9. The van der Waals surface area contributed by atoms with Crippen LogP contribution >= 0.6 is 0 Å². The van der Waals surface area contributed by atoms with Crippen molar-refractivity contribution in [1.82, 2.24) is 4.31 Å². The number of nitriles is 1. The number of nitrogens with one attached hydrogen (secondary N) is 1. The molecule has 0 radical (unpaired) electrons. The number of halogens is 3. The minimum absolute atomic E-state index is 0.00501. The molecule has 6 nitrogen and oxygen atoms in total. The summed E-state index contributed by atoms with van der Waals surface area (Å²) >= 11 is 0. The second-order valence-corrected chi connectivity index (χ2v) is 10.0. The number of rotatable bonds is 6. The van der Waals surface area contributed by atoms with Gasteiger partial charge in [0.15, 0.2) is 0 Å². The minimum Gasteiger partial charge on any atom is -0.406 e. The molecule has 1 fully saturated rings. The van der Waals surface area contributed by atoms with Gasteiger partial charge in [0.05, 0.1) is 16.5 Å². The lowest BCUT2D eigenvalue weighted by atomic mass is 10.0. The largest absolute Gasteiger partial charge is 0.573 e. The summed E-state index contributed by atoms with van der Waals surface area (Å²) in [5, 5.41) is 12.2. The van der Waals surface area contributed by atoms with Crippen molar-refractivity contribution in [1.29, 1.82) is 5.26 Å². The van der Waals surface area contributed by atoms with Crippen molar-refractivity contribution >= 4 is 15.7 Å². The molecule has 0 aromatic heterocycles. The van der Waals surface area contributed by atoms with Gasteiger partial charge in [0, 0.05) is 24.8 Å². The van der Waals surface area contributed by atoms with Gasteiger partial charge in [0.1, 0.15) is 5.75 Å². The number of hydrogen-bond acceptors (Lipinski definition) is 5. The van der Waals surface area contributed by atoms with E-state index in [1.165, 1.54) is 28.6 Å². The molecule has 1 N–H and O–H groups in total. The van der Waals surface area contributed by atoms with E-state index in [1.54, 1.807) is 36.4 Å². The van der Waals surface area contributed by atoms with Crippen molar-refractivity contribution in [2.45, 2.75) is 30.1 Å². The molecule has 0 bridgehead atoms. The first-order valence-corrected chi connectivity index (χ1v) is 12.3. The van der Waals surface area contributed by atoms with Crippen molar-refractivity contribution in [3.8, 4) is 22.9 Å². The topological polar surface area (TPSA) is 82.4 Å². The Balaban J connectivity index is 1.34. The number of nitrogens with zero attached hydrogens (tertiary/aromatic N) is 2. The van der Waals surface area contributed by atoms with E-state index in [4.69, 9.17) is 5.26 Å².